The van der Waals surface area contributed by atoms with Gasteiger partial charge in [-0.3, -0.25) is 4.79 Å². The van der Waals surface area contributed by atoms with Gasteiger partial charge in [0, 0.05) is 4.47 Å². The molecule has 5 heteroatoms. The van der Waals surface area contributed by atoms with Crippen molar-refractivity contribution in [1.82, 2.24) is 0 Å². The van der Waals surface area contributed by atoms with Gasteiger partial charge >= 0.3 is 0 Å². The van der Waals surface area contributed by atoms with E-state index in [0.717, 1.165) is 5.56 Å². The van der Waals surface area contributed by atoms with Gasteiger partial charge in [0.05, 0.1) is 11.3 Å². The van der Waals surface area contributed by atoms with Gasteiger partial charge < -0.3 is 10.4 Å². The summed E-state index contributed by atoms with van der Waals surface area (Å²) < 4.78 is 14.0. The van der Waals surface area contributed by atoms with Crippen molar-refractivity contribution < 1.29 is 14.3 Å². The fourth-order valence-electron chi connectivity index (χ4n) is 1.63. The van der Waals surface area contributed by atoms with Crippen molar-refractivity contribution in [2.75, 3.05) is 5.32 Å². The summed E-state index contributed by atoms with van der Waals surface area (Å²) in [5.41, 5.74) is 0.981. The minimum absolute atomic E-state index is 0.0486. The zero-order valence-corrected chi connectivity index (χ0v) is 11.7. The fourth-order valence-corrected chi connectivity index (χ4v) is 2.07. The van der Waals surface area contributed by atoms with Crippen LogP contribution in [0.2, 0.25) is 0 Å². The van der Waals surface area contributed by atoms with Crippen molar-refractivity contribution in [2.45, 2.75) is 6.92 Å². The molecular weight excluding hydrogens is 313 g/mol. The van der Waals surface area contributed by atoms with Crippen LogP contribution in [0.4, 0.5) is 10.1 Å². The quantitative estimate of drug-likeness (QED) is 0.881. The van der Waals surface area contributed by atoms with Gasteiger partial charge in [0.1, 0.15) is 11.6 Å². The van der Waals surface area contributed by atoms with E-state index in [2.05, 4.69) is 21.2 Å². The lowest BCUT2D eigenvalue weighted by atomic mass is 10.1. The smallest absolute Gasteiger partial charge is 0.259 e. The fraction of sp³-hybridized carbons (Fsp3) is 0.0714. The number of phenolic OH excluding ortho intramolecular Hbond substituents is 1. The van der Waals surface area contributed by atoms with Gasteiger partial charge in [-0.25, -0.2) is 4.39 Å². The highest BCUT2D eigenvalue weighted by Crippen LogP contribution is 2.27. The summed E-state index contributed by atoms with van der Waals surface area (Å²) in [7, 11) is 0. The number of halogens is 2. The van der Waals surface area contributed by atoms with Gasteiger partial charge in [-0.15, -0.1) is 0 Å². The van der Waals surface area contributed by atoms with Crippen molar-refractivity contribution in [2.24, 2.45) is 0 Å². The van der Waals surface area contributed by atoms with Crippen LogP contribution in [0.1, 0.15) is 15.9 Å². The second kappa shape index (κ2) is 5.40. The molecule has 2 N–H and O–H groups in total. The molecule has 19 heavy (non-hydrogen) atoms. The molecule has 0 aliphatic rings. The van der Waals surface area contributed by atoms with Crippen LogP contribution in [0.25, 0.3) is 0 Å². The van der Waals surface area contributed by atoms with Crippen LogP contribution in [-0.2, 0) is 0 Å². The average Bonchev–Trinajstić information content (AvgIpc) is 2.33. The van der Waals surface area contributed by atoms with Crippen LogP contribution in [0.3, 0.4) is 0 Å². The molecule has 0 heterocycles. The van der Waals surface area contributed by atoms with E-state index < -0.39 is 11.7 Å². The Balaban J connectivity index is 2.31. The Kier molecular flexibility index (Phi) is 3.85. The number of hydrogen-bond acceptors (Lipinski definition) is 2. The minimum atomic E-state index is -0.566. The second-order valence-corrected chi connectivity index (χ2v) is 4.93. The van der Waals surface area contributed by atoms with Gasteiger partial charge in [0.2, 0.25) is 0 Å². The molecule has 0 aromatic heterocycles. The predicted molar refractivity (Wildman–Crippen MR) is 74.9 cm³/mol. The Hall–Kier alpha value is -1.88. The van der Waals surface area contributed by atoms with Crippen LogP contribution >= 0.6 is 15.9 Å². The van der Waals surface area contributed by atoms with Gasteiger partial charge in [-0.1, -0.05) is 12.1 Å². The summed E-state index contributed by atoms with van der Waals surface area (Å²) in [4.78, 5) is 12.0. The Labute approximate surface area is 118 Å². The standard InChI is InChI=1S/C14H11BrFNO2/c1-8-5-6-9(12(18)7-8)14(19)17-13-10(15)3-2-4-11(13)16/h2-7,18H,1H3,(H,17,19). The van der Waals surface area contributed by atoms with E-state index in [-0.39, 0.29) is 17.0 Å². The van der Waals surface area contributed by atoms with Crippen LogP contribution in [0, 0.1) is 12.7 Å². The Morgan fingerprint density at radius 3 is 2.68 bits per heavy atom. The molecule has 98 valence electrons. The second-order valence-electron chi connectivity index (χ2n) is 4.07. The van der Waals surface area contributed by atoms with Crippen LogP contribution < -0.4 is 5.32 Å². The van der Waals surface area contributed by atoms with E-state index in [9.17, 15) is 14.3 Å². The molecule has 0 spiro atoms. The molecule has 1 amide bonds. The van der Waals surface area contributed by atoms with E-state index in [0.29, 0.717) is 4.47 Å². The number of amides is 1. The molecule has 2 aromatic carbocycles. The molecule has 2 rings (SSSR count). The predicted octanol–water partition coefficient (Wildman–Crippen LogP) is 3.85. The van der Waals surface area contributed by atoms with Gasteiger partial charge in [-0.05, 0) is 52.7 Å². The molecule has 2 aromatic rings. The maximum Gasteiger partial charge on any atom is 0.259 e. The molecule has 0 aliphatic heterocycles. The molecule has 0 saturated heterocycles. The number of para-hydroxylation sites is 1. The number of aromatic hydroxyl groups is 1. The van der Waals surface area contributed by atoms with Gasteiger partial charge in [-0.2, -0.15) is 0 Å². The molecule has 0 fully saturated rings. The molecule has 0 atom stereocenters. The summed E-state index contributed by atoms with van der Waals surface area (Å²) in [5.74, 6) is -1.25. The van der Waals surface area contributed by atoms with Crippen molar-refractivity contribution >= 4 is 27.5 Å². The number of rotatable bonds is 2. The Morgan fingerprint density at radius 2 is 2.05 bits per heavy atom. The summed E-state index contributed by atoms with van der Waals surface area (Å²) in [6.45, 7) is 1.80. The van der Waals surface area contributed by atoms with Crippen LogP contribution in [0.15, 0.2) is 40.9 Å². The molecule has 3 nitrogen and oxygen atoms in total. The molecule has 0 aliphatic carbocycles. The van der Waals surface area contributed by atoms with E-state index >= 15 is 0 Å². The van der Waals surface area contributed by atoms with Crippen molar-refractivity contribution in [3.63, 3.8) is 0 Å². The first kappa shape index (κ1) is 13.5. The first-order chi connectivity index (χ1) is 8.99. The van der Waals surface area contributed by atoms with Gasteiger partial charge in [0.25, 0.3) is 5.91 Å². The number of nitrogens with one attached hydrogen (secondary N) is 1. The highest BCUT2D eigenvalue weighted by Gasteiger charge is 2.15. The SMILES string of the molecule is Cc1ccc(C(=O)Nc2c(F)cccc2Br)c(O)c1. The minimum Gasteiger partial charge on any atom is -0.507 e. The first-order valence-electron chi connectivity index (χ1n) is 5.54. The molecule has 0 unspecified atom stereocenters. The highest BCUT2D eigenvalue weighted by atomic mass is 79.9. The lowest BCUT2D eigenvalue weighted by Gasteiger charge is -2.09. The van der Waals surface area contributed by atoms with Gasteiger partial charge in [0.15, 0.2) is 0 Å². The van der Waals surface area contributed by atoms with E-state index in [4.69, 9.17) is 0 Å². The maximum absolute atomic E-state index is 13.6. The lowest BCUT2D eigenvalue weighted by molar-refractivity contribution is 0.102. The average molecular weight is 324 g/mol. The van der Waals surface area contributed by atoms with E-state index in [1.165, 1.54) is 24.3 Å². The maximum atomic E-state index is 13.6. The topological polar surface area (TPSA) is 49.3 Å². The number of benzene rings is 2. The van der Waals surface area contributed by atoms with E-state index in [1.54, 1.807) is 19.1 Å². The summed E-state index contributed by atoms with van der Waals surface area (Å²) in [6, 6.07) is 9.06. The number of hydrogen-bond donors (Lipinski definition) is 2. The van der Waals surface area contributed by atoms with Crippen LogP contribution in [-0.4, -0.2) is 11.0 Å². The largest absolute Gasteiger partial charge is 0.507 e. The van der Waals surface area contributed by atoms with Crippen LogP contribution in [0.5, 0.6) is 5.75 Å². The number of carbonyl (C=O) groups excluding carboxylic acids is 1. The number of anilines is 1. The third kappa shape index (κ3) is 2.93. The first-order valence-corrected chi connectivity index (χ1v) is 6.33. The normalized spacial score (nSPS) is 10.3. The lowest BCUT2D eigenvalue weighted by Crippen LogP contribution is -2.13. The molecule has 0 radical (unpaired) electrons. The Bertz CT molecular complexity index is 623. The zero-order chi connectivity index (χ0) is 14.0. The zero-order valence-electron chi connectivity index (χ0n) is 10.1. The monoisotopic (exact) mass is 323 g/mol. The number of carbonyl (C=O) groups is 1. The summed E-state index contributed by atoms with van der Waals surface area (Å²) in [5, 5.41) is 12.1. The van der Waals surface area contributed by atoms with Crippen molar-refractivity contribution in [3.05, 3.63) is 57.8 Å². The molecular formula is C14H11BrFNO2. The summed E-state index contributed by atoms with van der Waals surface area (Å²) in [6.07, 6.45) is 0. The van der Waals surface area contributed by atoms with E-state index in [1.807, 2.05) is 0 Å². The van der Waals surface area contributed by atoms with Crippen molar-refractivity contribution in [1.29, 1.82) is 0 Å². The molecule has 0 bridgehead atoms. The molecule has 0 saturated carbocycles. The van der Waals surface area contributed by atoms with Crippen molar-refractivity contribution in [3.8, 4) is 5.75 Å². The highest BCUT2D eigenvalue weighted by molar-refractivity contribution is 9.10. The number of aryl methyl sites for hydroxylation is 1. The third-order valence-electron chi connectivity index (χ3n) is 2.60. The third-order valence-corrected chi connectivity index (χ3v) is 3.26. The Morgan fingerprint density at radius 1 is 1.32 bits per heavy atom. The summed E-state index contributed by atoms with van der Waals surface area (Å²) >= 11 is 3.16. The number of phenols is 1.